The van der Waals surface area contributed by atoms with Crippen molar-refractivity contribution >= 4 is 11.9 Å². The normalized spacial score (nSPS) is 17.7. The zero-order chi connectivity index (χ0) is 49.2. The van der Waals surface area contributed by atoms with E-state index in [2.05, 4.69) is 45.3 Å². The van der Waals surface area contributed by atoms with E-state index in [0.717, 1.165) is 80.9 Å². The van der Waals surface area contributed by atoms with Gasteiger partial charge in [-0.05, 0) is 125 Å². The third-order valence-corrected chi connectivity index (χ3v) is 13.1. The summed E-state index contributed by atoms with van der Waals surface area (Å²) in [7, 11) is 0. The summed E-state index contributed by atoms with van der Waals surface area (Å²) in [6.07, 6.45) is 14.8. The Balaban J connectivity index is 0.000000255. The predicted octanol–water partition coefficient (Wildman–Crippen LogP) is 13.5. The number of hydrogen-bond acceptors (Lipinski definition) is 7. The van der Waals surface area contributed by atoms with Gasteiger partial charge in [0.05, 0.1) is 5.56 Å². The molecule has 0 aromatic heterocycles. The standard InChI is InChI=1S/C29H37NO3.C22H30O4.C7H9N/c1-5-6-8-13-22-17-25(31)27(24-16-20(4)14-15-23(24)19(2)3)28(32)26(22)29(33)30-18-21-11-9-7-10-12-21;1-5-6-7-8-15-12-18(23)20(21(24)19(15)22(25)26)17-11-14(4)9-10-16(17)13(2)3;8-6-7-4-2-1-3-5-7/h7,9-12,16-17,23-24,31-32H,2,5-6,8,13-15,18H2,1,3-4H3,(H,30,33);11-12,16-17,23-24H,2,5-10H2,1,3-4H3,(H,25,26);1-5H,6,8H2/t23-,24+;16-,17+;/m00./s1. The first kappa shape index (κ1) is 53.6. The van der Waals surface area contributed by atoms with Crippen molar-refractivity contribution < 1.29 is 35.1 Å². The number of benzene rings is 4. The molecular weight excluding hydrogens is 837 g/mol. The van der Waals surface area contributed by atoms with Crippen LogP contribution >= 0.6 is 0 Å². The van der Waals surface area contributed by atoms with Crippen LogP contribution in [0.25, 0.3) is 0 Å². The van der Waals surface area contributed by atoms with Crippen molar-refractivity contribution in [1.29, 1.82) is 0 Å². The monoisotopic (exact) mass is 913 g/mol. The number of carboxylic acids is 1. The van der Waals surface area contributed by atoms with Crippen molar-refractivity contribution in [2.75, 3.05) is 0 Å². The minimum atomic E-state index is -1.15. The lowest BCUT2D eigenvalue weighted by atomic mass is 9.73. The van der Waals surface area contributed by atoms with Crippen LogP contribution in [0.4, 0.5) is 0 Å². The van der Waals surface area contributed by atoms with E-state index in [0.29, 0.717) is 48.2 Å². The summed E-state index contributed by atoms with van der Waals surface area (Å²) in [5, 5.41) is 56.6. The Bertz CT molecular complexity index is 2370. The van der Waals surface area contributed by atoms with Gasteiger partial charge in [-0.15, -0.1) is 0 Å². The number of carbonyl (C=O) groups excluding carboxylic acids is 1. The largest absolute Gasteiger partial charge is 0.507 e. The Morgan fingerprint density at radius 3 is 1.46 bits per heavy atom. The van der Waals surface area contributed by atoms with Gasteiger partial charge in [0.2, 0.25) is 0 Å². The van der Waals surface area contributed by atoms with Gasteiger partial charge in [-0.25, -0.2) is 4.79 Å². The fourth-order valence-electron chi connectivity index (χ4n) is 9.41. The van der Waals surface area contributed by atoms with Gasteiger partial charge >= 0.3 is 5.97 Å². The molecule has 0 aliphatic heterocycles. The maximum absolute atomic E-state index is 13.3. The summed E-state index contributed by atoms with van der Waals surface area (Å²) in [4.78, 5) is 25.2. The van der Waals surface area contributed by atoms with Crippen LogP contribution in [0.1, 0.15) is 172 Å². The average Bonchev–Trinajstić information content (AvgIpc) is 3.29. The van der Waals surface area contributed by atoms with E-state index in [-0.39, 0.29) is 63.7 Å². The second-order valence-electron chi connectivity index (χ2n) is 18.5. The first-order valence-electron chi connectivity index (χ1n) is 24.1. The molecule has 67 heavy (non-hydrogen) atoms. The smallest absolute Gasteiger partial charge is 0.339 e. The summed E-state index contributed by atoms with van der Waals surface area (Å²) >= 11 is 0. The number of aromatic carboxylic acids is 1. The molecule has 2 aliphatic carbocycles. The van der Waals surface area contributed by atoms with Crippen LogP contribution in [0, 0.1) is 11.8 Å². The number of amides is 1. The molecule has 0 fully saturated rings. The molecule has 360 valence electrons. The fraction of sp³-hybridized carbons (Fsp3) is 0.414. The van der Waals surface area contributed by atoms with Gasteiger partial charge in [0.25, 0.3) is 5.91 Å². The number of rotatable bonds is 17. The zero-order valence-electron chi connectivity index (χ0n) is 40.8. The fourth-order valence-corrected chi connectivity index (χ4v) is 9.41. The topological polar surface area (TPSA) is 173 Å². The van der Waals surface area contributed by atoms with Gasteiger partial charge < -0.3 is 36.6 Å². The Hall–Kier alpha value is -6.06. The van der Waals surface area contributed by atoms with Crippen molar-refractivity contribution in [3.63, 3.8) is 0 Å². The number of allylic oxidation sites excluding steroid dienone is 6. The number of unbranched alkanes of at least 4 members (excludes halogenated alkanes) is 4. The van der Waals surface area contributed by atoms with Crippen LogP contribution in [0.5, 0.6) is 23.0 Å². The van der Waals surface area contributed by atoms with Crippen LogP contribution in [0.15, 0.2) is 120 Å². The summed E-state index contributed by atoms with van der Waals surface area (Å²) in [6.45, 7) is 21.5. The van der Waals surface area contributed by atoms with E-state index in [1.165, 1.54) is 22.8 Å². The Labute approximate surface area is 399 Å². The summed E-state index contributed by atoms with van der Waals surface area (Å²) < 4.78 is 0. The van der Waals surface area contributed by atoms with Crippen LogP contribution in [0.2, 0.25) is 0 Å². The molecule has 0 bridgehead atoms. The average molecular weight is 913 g/mol. The van der Waals surface area contributed by atoms with Gasteiger partial charge in [0.15, 0.2) is 0 Å². The zero-order valence-corrected chi connectivity index (χ0v) is 40.8. The molecule has 9 nitrogen and oxygen atoms in total. The lowest BCUT2D eigenvalue weighted by molar-refractivity contribution is 0.0691. The van der Waals surface area contributed by atoms with Crippen LogP contribution in [-0.2, 0) is 25.9 Å². The summed E-state index contributed by atoms with van der Waals surface area (Å²) in [6, 6.07) is 22.9. The number of carboxylic acid groups (broad SMARTS) is 1. The van der Waals surface area contributed by atoms with Crippen molar-refractivity contribution in [2.24, 2.45) is 17.6 Å². The number of hydrogen-bond donors (Lipinski definition) is 7. The number of nitrogens with one attached hydrogen (secondary N) is 1. The molecule has 0 spiro atoms. The van der Waals surface area contributed by atoms with Gasteiger partial charge in [0.1, 0.15) is 28.6 Å². The molecule has 9 heteroatoms. The van der Waals surface area contributed by atoms with E-state index < -0.39 is 5.97 Å². The minimum Gasteiger partial charge on any atom is -0.507 e. The highest BCUT2D eigenvalue weighted by molar-refractivity contribution is 5.99. The molecule has 0 unspecified atom stereocenters. The first-order chi connectivity index (χ1) is 32.0. The van der Waals surface area contributed by atoms with E-state index >= 15 is 0 Å². The molecule has 2 aliphatic rings. The summed E-state index contributed by atoms with van der Waals surface area (Å²) in [5.41, 5.74) is 14.1. The maximum Gasteiger partial charge on any atom is 0.339 e. The van der Waals surface area contributed by atoms with Crippen molar-refractivity contribution in [2.45, 2.75) is 144 Å². The predicted molar refractivity (Wildman–Crippen MR) is 273 cm³/mol. The molecule has 4 aromatic carbocycles. The first-order valence-corrected chi connectivity index (χ1v) is 24.1. The number of aryl methyl sites for hydroxylation is 2. The maximum atomic E-state index is 13.3. The Morgan fingerprint density at radius 1 is 0.657 bits per heavy atom. The molecule has 8 N–H and O–H groups in total. The van der Waals surface area contributed by atoms with Gasteiger partial charge in [0, 0.05) is 36.1 Å². The van der Waals surface area contributed by atoms with Crippen molar-refractivity contribution in [3.05, 3.63) is 165 Å². The number of phenolic OH excluding ortho intramolecular Hbond substituents is 3. The Morgan fingerprint density at radius 2 is 1.07 bits per heavy atom. The molecule has 0 saturated carbocycles. The molecular formula is C58H76N2O7. The van der Waals surface area contributed by atoms with E-state index in [1.54, 1.807) is 6.07 Å². The lowest BCUT2D eigenvalue weighted by Crippen LogP contribution is -2.25. The molecule has 0 saturated heterocycles. The van der Waals surface area contributed by atoms with Crippen LogP contribution in [-0.4, -0.2) is 37.4 Å². The highest BCUT2D eigenvalue weighted by Crippen LogP contribution is 2.49. The lowest BCUT2D eigenvalue weighted by Gasteiger charge is -2.32. The highest BCUT2D eigenvalue weighted by Gasteiger charge is 2.34. The minimum absolute atomic E-state index is 0.0267. The molecule has 0 heterocycles. The van der Waals surface area contributed by atoms with E-state index in [9.17, 15) is 35.1 Å². The second kappa shape index (κ2) is 26.3. The number of aromatic hydroxyl groups is 4. The van der Waals surface area contributed by atoms with E-state index in [4.69, 9.17) is 5.73 Å². The van der Waals surface area contributed by atoms with Crippen LogP contribution in [0.3, 0.4) is 0 Å². The van der Waals surface area contributed by atoms with Gasteiger partial charge in [-0.3, -0.25) is 4.79 Å². The van der Waals surface area contributed by atoms with Crippen molar-refractivity contribution in [3.8, 4) is 23.0 Å². The third kappa shape index (κ3) is 14.7. The molecule has 1 amide bonds. The number of carbonyl (C=O) groups is 2. The third-order valence-electron chi connectivity index (χ3n) is 13.1. The number of nitrogens with two attached hydrogens (primary N) is 1. The molecule has 0 radical (unpaired) electrons. The SMILES string of the molecule is C=C(C)[C@@H]1CCC(C)=C[C@H]1c1c(O)cc(CCCCC)c(C(=O)NCc2ccccc2)c1O.C=C(C)[C@@H]1CCC(C)=C[C@H]1c1c(O)cc(CCCCC)c(C(=O)O)c1O.NCc1ccccc1. The van der Waals surface area contributed by atoms with E-state index in [1.807, 2.05) is 87.5 Å². The summed E-state index contributed by atoms with van der Waals surface area (Å²) in [5.74, 6) is -2.13. The van der Waals surface area contributed by atoms with Crippen molar-refractivity contribution in [1.82, 2.24) is 5.32 Å². The van der Waals surface area contributed by atoms with Gasteiger partial charge in [-0.1, -0.05) is 148 Å². The number of phenols is 4. The van der Waals surface area contributed by atoms with Gasteiger partial charge in [-0.2, -0.15) is 0 Å². The second-order valence-corrected chi connectivity index (χ2v) is 18.5. The highest BCUT2D eigenvalue weighted by atomic mass is 16.4. The molecule has 6 rings (SSSR count). The molecule has 4 atom stereocenters. The van der Waals surface area contributed by atoms with Crippen LogP contribution < -0.4 is 11.1 Å². The molecule has 4 aromatic rings. The quantitative estimate of drug-likeness (QED) is 0.0405. The Kier molecular flexibility index (Phi) is 21.0.